The molecule has 3 aliphatic rings. The molecule has 0 bridgehead atoms. The minimum Gasteiger partial charge on any atom is -0.482 e. The lowest BCUT2D eigenvalue weighted by Crippen LogP contribution is -2.50. The van der Waals surface area contributed by atoms with E-state index >= 15 is 0 Å². The minimum atomic E-state index is -0.965. The number of nitriles is 1. The second-order valence-corrected chi connectivity index (χ2v) is 13.5. The number of carbonyl (C=O) groups is 2. The van der Waals surface area contributed by atoms with Crippen molar-refractivity contribution in [1.82, 2.24) is 10.2 Å². The van der Waals surface area contributed by atoms with Gasteiger partial charge in [0.25, 0.3) is 0 Å². The smallest absolute Gasteiger partial charge is 0.248 e. The Morgan fingerprint density at radius 1 is 1.25 bits per heavy atom. The van der Waals surface area contributed by atoms with E-state index in [9.17, 15) is 14.9 Å². The molecule has 1 heterocycles. The van der Waals surface area contributed by atoms with Crippen LogP contribution in [0.4, 0.5) is 0 Å². The van der Waals surface area contributed by atoms with Crippen molar-refractivity contribution in [2.24, 2.45) is 33.5 Å². The summed E-state index contributed by atoms with van der Waals surface area (Å²) in [5.74, 6) is 0.716. The highest BCUT2D eigenvalue weighted by Crippen LogP contribution is 2.51. The molecule has 256 valence electrons. The molecule has 1 aromatic carbocycles. The van der Waals surface area contributed by atoms with Crippen molar-refractivity contribution in [1.29, 1.82) is 5.26 Å². The average Bonchev–Trinajstić information content (AvgIpc) is 3.75. The molecule has 10 heteroatoms. The van der Waals surface area contributed by atoms with Gasteiger partial charge in [0, 0.05) is 29.6 Å². The molecule has 6 atom stereocenters. The highest BCUT2D eigenvalue weighted by molar-refractivity contribution is 5.96. The zero-order valence-electron chi connectivity index (χ0n) is 29.1. The highest BCUT2D eigenvalue weighted by Gasteiger charge is 2.56. The maximum Gasteiger partial charge on any atom is 0.248 e. The first-order chi connectivity index (χ1) is 22.9. The summed E-state index contributed by atoms with van der Waals surface area (Å²) in [4.78, 5) is 27.8. The third-order valence-electron chi connectivity index (χ3n) is 10.2. The molecule has 48 heavy (non-hydrogen) atoms. The van der Waals surface area contributed by atoms with Crippen LogP contribution < -0.4 is 16.8 Å². The van der Waals surface area contributed by atoms with Crippen molar-refractivity contribution in [3.05, 3.63) is 82.6 Å². The fourth-order valence-corrected chi connectivity index (χ4v) is 7.64. The number of allylic oxidation sites excluding steroid dienone is 5. The first-order valence-electron chi connectivity index (χ1n) is 16.9. The fraction of sp³-hybridized carbons (Fsp3) is 0.500. The maximum atomic E-state index is 13.7. The number of hydrogen-bond acceptors (Lipinski definition) is 8. The number of likely N-dealkylation sites (tertiary alicyclic amines) is 1. The van der Waals surface area contributed by atoms with Gasteiger partial charge in [-0.05, 0) is 106 Å². The van der Waals surface area contributed by atoms with Crippen LogP contribution in [0.5, 0.6) is 0 Å². The third kappa shape index (κ3) is 7.63. The van der Waals surface area contributed by atoms with E-state index in [4.69, 9.17) is 16.2 Å². The van der Waals surface area contributed by atoms with Crippen molar-refractivity contribution in [2.75, 3.05) is 13.7 Å². The zero-order valence-corrected chi connectivity index (χ0v) is 29.1. The second kappa shape index (κ2) is 15.6. The van der Waals surface area contributed by atoms with Crippen molar-refractivity contribution in [3.8, 4) is 6.07 Å². The number of rotatable bonds is 13. The van der Waals surface area contributed by atoms with Crippen LogP contribution in [-0.4, -0.2) is 60.6 Å². The third-order valence-corrected chi connectivity index (χ3v) is 10.2. The summed E-state index contributed by atoms with van der Waals surface area (Å²) in [5.41, 5.74) is 16.5. The predicted molar refractivity (Wildman–Crippen MR) is 191 cm³/mol. The number of hydrogen-bond donors (Lipinski definition) is 3. The van der Waals surface area contributed by atoms with Crippen LogP contribution >= 0.6 is 0 Å². The Labute approximate surface area is 285 Å². The fourth-order valence-electron chi connectivity index (χ4n) is 7.64. The minimum absolute atomic E-state index is 0.0604. The molecule has 1 aliphatic heterocycles. The molecule has 4 rings (SSSR count). The SMILES string of the molecule is C=C(N)CCC(=C)/C=C\C1=C(C)CCc2cc(C(N)=O)ccc2C1(C[C@@H](C)NCC(=O)N1C(C#N)CCC2C(C)C21)/C(=N/N=C/C)OC. The summed E-state index contributed by atoms with van der Waals surface area (Å²) in [5, 5.41) is 22.2. The van der Waals surface area contributed by atoms with Gasteiger partial charge in [-0.25, -0.2) is 0 Å². The molecular weight excluding hydrogens is 602 g/mol. The molecule has 1 saturated carbocycles. The molecular formula is C38H51N7O3. The van der Waals surface area contributed by atoms with Gasteiger partial charge in [0.15, 0.2) is 0 Å². The molecule has 2 amide bonds. The molecule has 5 N–H and O–H groups in total. The molecule has 1 saturated heterocycles. The van der Waals surface area contributed by atoms with Crippen LogP contribution in [0.1, 0.15) is 87.7 Å². The largest absolute Gasteiger partial charge is 0.482 e. The molecule has 0 radical (unpaired) electrons. The molecule has 10 nitrogen and oxygen atoms in total. The standard InChI is InChI=1S/C38H51N7O3/c1-8-43-44-37(48-7)38(20-26(5)42-22-34(46)45-30(21-39)15-16-31-27(6)35(31)45)32(17-10-23(2)9-12-25(4)40)24(3)11-13-28-19-29(36(41)47)14-18-33(28)38/h8,10,14,17-19,26-27,30-31,35,42H,2,4,9,11-13,15-16,20,22,40H2,1,3,5-7H3,(H2,41,47)/b17-10-,43-8+,44-37-/t26-,27?,30?,31?,35?,38?/m1/s1. The Hall–Kier alpha value is -4.49. The number of nitrogens with zero attached hydrogens (tertiary/aromatic N) is 4. The van der Waals surface area contributed by atoms with Gasteiger partial charge in [0.1, 0.15) is 6.04 Å². The van der Waals surface area contributed by atoms with Gasteiger partial charge in [0.2, 0.25) is 17.7 Å². The van der Waals surface area contributed by atoms with Crippen LogP contribution in [0, 0.1) is 23.2 Å². The number of carbonyl (C=O) groups excluding carboxylic acids is 2. The second-order valence-electron chi connectivity index (χ2n) is 13.5. The lowest BCUT2D eigenvalue weighted by atomic mass is 9.67. The van der Waals surface area contributed by atoms with E-state index < -0.39 is 17.4 Å². The van der Waals surface area contributed by atoms with E-state index in [1.807, 2.05) is 30.0 Å². The summed E-state index contributed by atoms with van der Waals surface area (Å²) in [6, 6.07) is 7.42. The Morgan fingerprint density at radius 2 is 2.00 bits per heavy atom. The van der Waals surface area contributed by atoms with Gasteiger partial charge < -0.3 is 26.4 Å². The van der Waals surface area contributed by atoms with Gasteiger partial charge in [-0.1, -0.05) is 49.4 Å². The monoisotopic (exact) mass is 653 g/mol. The molecule has 0 spiro atoms. The summed E-state index contributed by atoms with van der Waals surface area (Å²) < 4.78 is 6.12. The molecule has 2 fully saturated rings. The van der Waals surface area contributed by atoms with E-state index in [2.05, 4.69) is 54.7 Å². The lowest BCUT2D eigenvalue weighted by Gasteiger charge is -2.39. The summed E-state index contributed by atoms with van der Waals surface area (Å²) in [7, 11) is 1.59. The van der Waals surface area contributed by atoms with Crippen molar-refractivity contribution >= 4 is 23.9 Å². The number of methoxy groups -OCH3 is 1. The van der Waals surface area contributed by atoms with E-state index in [0.29, 0.717) is 61.1 Å². The number of aryl methyl sites for hydroxylation is 1. The number of nitrogens with two attached hydrogens (primary N) is 2. The van der Waals surface area contributed by atoms with E-state index in [1.165, 1.54) is 0 Å². The van der Waals surface area contributed by atoms with E-state index in [-0.39, 0.29) is 24.5 Å². The van der Waals surface area contributed by atoms with Crippen LogP contribution in [0.3, 0.4) is 0 Å². The predicted octanol–water partition coefficient (Wildman–Crippen LogP) is 5.22. The van der Waals surface area contributed by atoms with Crippen LogP contribution in [-0.2, 0) is 21.4 Å². The zero-order chi connectivity index (χ0) is 35.2. The maximum absolute atomic E-state index is 13.7. The average molecular weight is 654 g/mol. The van der Waals surface area contributed by atoms with Gasteiger partial charge in [-0.3, -0.25) is 9.59 Å². The number of piperidine rings is 1. The summed E-state index contributed by atoms with van der Waals surface area (Å²) in [6.45, 7) is 16.3. The normalized spacial score (nSPS) is 26.0. The Kier molecular flexibility index (Phi) is 11.8. The molecule has 1 aromatic rings. The number of amides is 2. The van der Waals surface area contributed by atoms with Gasteiger partial charge in [-0.15, -0.1) is 5.10 Å². The number of fused-ring (bicyclic) bond motifs is 2. The topological polar surface area (TPSA) is 159 Å². The summed E-state index contributed by atoms with van der Waals surface area (Å²) >= 11 is 0. The van der Waals surface area contributed by atoms with Gasteiger partial charge in [-0.2, -0.15) is 10.4 Å². The molecule has 0 aromatic heterocycles. The van der Waals surface area contributed by atoms with E-state index in [1.54, 1.807) is 26.3 Å². The van der Waals surface area contributed by atoms with Crippen LogP contribution in [0.15, 0.2) is 76.1 Å². The molecule has 5 unspecified atom stereocenters. The highest BCUT2D eigenvalue weighted by atomic mass is 16.5. The number of ether oxygens (including phenoxy) is 1. The first-order valence-corrected chi connectivity index (χ1v) is 16.9. The van der Waals surface area contributed by atoms with Crippen molar-refractivity contribution < 1.29 is 14.3 Å². The van der Waals surface area contributed by atoms with Gasteiger partial charge in [0.05, 0.1) is 25.1 Å². The summed E-state index contributed by atoms with van der Waals surface area (Å²) in [6.07, 6.45) is 10.5. The Bertz CT molecular complexity index is 1600. The Balaban J connectivity index is 1.79. The number of primary amides is 1. The van der Waals surface area contributed by atoms with Crippen LogP contribution in [0.25, 0.3) is 0 Å². The number of benzene rings is 1. The molecule has 2 aliphatic carbocycles. The lowest BCUT2D eigenvalue weighted by molar-refractivity contribution is -0.133. The first kappa shape index (κ1) is 36.3. The Morgan fingerprint density at radius 3 is 2.65 bits per heavy atom. The van der Waals surface area contributed by atoms with Gasteiger partial charge >= 0.3 is 0 Å². The van der Waals surface area contributed by atoms with Crippen molar-refractivity contribution in [3.63, 3.8) is 0 Å². The number of nitrogens with one attached hydrogen (secondary N) is 1. The quantitative estimate of drug-likeness (QED) is 0.115. The van der Waals surface area contributed by atoms with Crippen molar-refractivity contribution in [2.45, 2.75) is 96.2 Å². The van der Waals surface area contributed by atoms with E-state index in [0.717, 1.165) is 40.7 Å². The van der Waals surface area contributed by atoms with Crippen LogP contribution in [0.2, 0.25) is 0 Å².